The van der Waals surface area contributed by atoms with E-state index in [9.17, 15) is 4.79 Å². The predicted octanol–water partition coefficient (Wildman–Crippen LogP) is 4.45. The van der Waals surface area contributed by atoms with Gasteiger partial charge in [-0.25, -0.2) is 4.79 Å². The van der Waals surface area contributed by atoms with Gasteiger partial charge in [-0.05, 0) is 42.8 Å². The Kier molecular flexibility index (Phi) is 3.78. The van der Waals surface area contributed by atoms with E-state index in [-0.39, 0.29) is 11.7 Å². The van der Waals surface area contributed by atoms with Crippen molar-refractivity contribution in [1.82, 2.24) is 9.97 Å². The first-order chi connectivity index (χ1) is 10.0. The second kappa shape index (κ2) is 5.58. The summed E-state index contributed by atoms with van der Waals surface area (Å²) in [5, 5.41) is 4.04. The molecule has 0 fully saturated rings. The number of nitrogens with one attached hydrogen (secondary N) is 3. The summed E-state index contributed by atoms with van der Waals surface area (Å²) in [4.78, 5) is 16.8. The molecule has 108 valence electrons. The number of hydrogen-bond donors (Lipinski definition) is 3. The second-order valence-electron chi connectivity index (χ2n) is 4.87. The summed E-state index contributed by atoms with van der Waals surface area (Å²) in [7, 11) is 0. The van der Waals surface area contributed by atoms with Crippen LogP contribution in [0.4, 0.5) is 5.69 Å². The first-order valence-corrected chi connectivity index (χ1v) is 7.63. The molecule has 1 atom stereocenters. The van der Waals surface area contributed by atoms with Crippen LogP contribution in [0, 0.1) is 0 Å². The van der Waals surface area contributed by atoms with Crippen molar-refractivity contribution in [2.75, 3.05) is 5.32 Å². The molecule has 6 heteroatoms. The van der Waals surface area contributed by atoms with Crippen molar-refractivity contribution in [2.45, 2.75) is 13.0 Å². The van der Waals surface area contributed by atoms with Crippen molar-refractivity contribution in [3.05, 3.63) is 61.9 Å². The van der Waals surface area contributed by atoms with Crippen LogP contribution in [0.3, 0.4) is 0 Å². The van der Waals surface area contributed by atoms with Crippen LogP contribution in [-0.4, -0.2) is 9.97 Å². The highest BCUT2D eigenvalue weighted by molar-refractivity contribution is 9.10. The molecule has 0 saturated heterocycles. The van der Waals surface area contributed by atoms with E-state index in [2.05, 4.69) is 31.2 Å². The van der Waals surface area contributed by atoms with Crippen molar-refractivity contribution in [1.29, 1.82) is 0 Å². The molecule has 0 amide bonds. The zero-order valence-corrected chi connectivity index (χ0v) is 13.5. The van der Waals surface area contributed by atoms with Crippen molar-refractivity contribution < 1.29 is 0 Å². The summed E-state index contributed by atoms with van der Waals surface area (Å²) < 4.78 is 0.965. The van der Waals surface area contributed by atoms with Gasteiger partial charge in [-0.15, -0.1) is 0 Å². The van der Waals surface area contributed by atoms with Crippen LogP contribution in [0.1, 0.15) is 18.5 Å². The van der Waals surface area contributed by atoms with E-state index >= 15 is 0 Å². The molecule has 1 aromatic heterocycles. The van der Waals surface area contributed by atoms with E-state index in [0.29, 0.717) is 5.02 Å². The van der Waals surface area contributed by atoms with Crippen molar-refractivity contribution >= 4 is 44.3 Å². The molecule has 3 N–H and O–H groups in total. The van der Waals surface area contributed by atoms with E-state index in [4.69, 9.17) is 11.6 Å². The quantitative estimate of drug-likeness (QED) is 0.641. The van der Waals surface area contributed by atoms with Gasteiger partial charge in [0.1, 0.15) is 0 Å². The fraction of sp³-hybridized carbons (Fsp3) is 0.133. The third-order valence-electron chi connectivity index (χ3n) is 3.34. The van der Waals surface area contributed by atoms with Gasteiger partial charge in [-0.2, -0.15) is 0 Å². The predicted molar refractivity (Wildman–Crippen MR) is 90.1 cm³/mol. The molecule has 21 heavy (non-hydrogen) atoms. The number of H-pyrrole nitrogens is 2. The maximum atomic E-state index is 11.3. The standard InChI is InChI=1S/C15H13BrClN3O/c1-8(18-13-7-10(16)3-4-11(13)17)9-2-5-12-14(6-9)20-15(21)19-12/h2-8,18H,1H3,(H2,19,20,21). The normalized spacial score (nSPS) is 12.5. The molecule has 2 aromatic carbocycles. The smallest absolute Gasteiger partial charge is 0.323 e. The Labute approximate surface area is 134 Å². The van der Waals surface area contributed by atoms with Crippen LogP contribution in [0.25, 0.3) is 11.0 Å². The fourth-order valence-corrected chi connectivity index (χ4v) is 2.78. The van der Waals surface area contributed by atoms with Crippen molar-refractivity contribution in [3.8, 4) is 0 Å². The third-order valence-corrected chi connectivity index (χ3v) is 4.16. The molecule has 3 rings (SSSR count). The lowest BCUT2D eigenvalue weighted by molar-refractivity contribution is 0.886. The molecular weight excluding hydrogens is 354 g/mol. The average Bonchev–Trinajstić information content (AvgIpc) is 2.81. The lowest BCUT2D eigenvalue weighted by Crippen LogP contribution is -2.07. The molecule has 3 aromatic rings. The van der Waals surface area contributed by atoms with Crippen LogP contribution in [-0.2, 0) is 0 Å². The number of anilines is 1. The van der Waals surface area contributed by atoms with Crippen LogP contribution in [0.15, 0.2) is 45.7 Å². The van der Waals surface area contributed by atoms with Crippen molar-refractivity contribution in [3.63, 3.8) is 0 Å². The van der Waals surface area contributed by atoms with Crippen LogP contribution >= 0.6 is 27.5 Å². The molecule has 0 radical (unpaired) electrons. The number of benzene rings is 2. The Morgan fingerprint density at radius 1 is 1.14 bits per heavy atom. The Morgan fingerprint density at radius 3 is 2.71 bits per heavy atom. The van der Waals surface area contributed by atoms with Gasteiger partial charge in [0, 0.05) is 10.5 Å². The van der Waals surface area contributed by atoms with E-state index in [0.717, 1.165) is 26.8 Å². The molecule has 0 aliphatic rings. The topological polar surface area (TPSA) is 60.7 Å². The minimum atomic E-state index is -0.196. The van der Waals surface area contributed by atoms with Gasteiger partial charge in [-0.3, -0.25) is 0 Å². The maximum Gasteiger partial charge on any atom is 0.323 e. The second-order valence-corrected chi connectivity index (χ2v) is 6.20. The minimum Gasteiger partial charge on any atom is -0.377 e. The molecule has 0 bridgehead atoms. The van der Waals surface area contributed by atoms with Crippen LogP contribution < -0.4 is 11.0 Å². The highest BCUT2D eigenvalue weighted by Gasteiger charge is 2.09. The number of imidazole rings is 1. The molecule has 1 unspecified atom stereocenters. The van der Waals surface area contributed by atoms with E-state index in [1.807, 2.05) is 43.3 Å². The summed E-state index contributed by atoms with van der Waals surface area (Å²) in [5.41, 5.74) is 3.33. The fourth-order valence-electron chi connectivity index (χ4n) is 2.24. The number of rotatable bonds is 3. The number of fused-ring (bicyclic) bond motifs is 1. The Hall–Kier alpha value is -1.72. The third kappa shape index (κ3) is 2.99. The van der Waals surface area contributed by atoms with Gasteiger partial charge < -0.3 is 15.3 Å². The summed E-state index contributed by atoms with van der Waals surface area (Å²) in [5.74, 6) is 0. The molecule has 1 heterocycles. The van der Waals surface area contributed by atoms with Gasteiger partial charge in [0.15, 0.2) is 0 Å². The summed E-state index contributed by atoms with van der Waals surface area (Å²) in [6.07, 6.45) is 0. The van der Waals surface area contributed by atoms with Gasteiger partial charge in [-0.1, -0.05) is 33.6 Å². The van der Waals surface area contributed by atoms with Crippen LogP contribution in [0.2, 0.25) is 5.02 Å². The summed E-state index contributed by atoms with van der Waals surface area (Å²) in [6, 6.07) is 11.6. The maximum absolute atomic E-state index is 11.3. The Bertz CT molecular complexity index is 855. The van der Waals surface area contributed by atoms with E-state index in [1.165, 1.54) is 0 Å². The van der Waals surface area contributed by atoms with Gasteiger partial charge in [0.2, 0.25) is 0 Å². The summed E-state index contributed by atoms with van der Waals surface area (Å²) in [6.45, 7) is 2.04. The first-order valence-electron chi connectivity index (χ1n) is 6.46. The highest BCUT2D eigenvalue weighted by Crippen LogP contribution is 2.29. The SMILES string of the molecule is CC(Nc1cc(Br)ccc1Cl)c1ccc2[nH]c(=O)[nH]c2c1. The number of aromatic nitrogens is 2. The highest BCUT2D eigenvalue weighted by atomic mass is 79.9. The van der Waals surface area contributed by atoms with E-state index < -0.39 is 0 Å². The molecule has 0 aliphatic carbocycles. The monoisotopic (exact) mass is 365 g/mol. The lowest BCUT2D eigenvalue weighted by atomic mass is 10.1. The lowest BCUT2D eigenvalue weighted by Gasteiger charge is -2.17. The molecule has 0 aliphatic heterocycles. The van der Waals surface area contributed by atoms with Gasteiger partial charge in [0.25, 0.3) is 0 Å². The number of aromatic amines is 2. The summed E-state index contributed by atoms with van der Waals surface area (Å²) >= 11 is 9.63. The zero-order chi connectivity index (χ0) is 15.0. The largest absolute Gasteiger partial charge is 0.377 e. The van der Waals surface area contributed by atoms with E-state index in [1.54, 1.807) is 0 Å². The molecule has 0 saturated carbocycles. The first kappa shape index (κ1) is 14.2. The molecule has 0 spiro atoms. The average molecular weight is 367 g/mol. The van der Waals surface area contributed by atoms with Gasteiger partial charge >= 0.3 is 5.69 Å². The number of halogens is 2. The zero-order valence-electron chi connectivity index (χ0n) is 11.2. The Balaban J connectivity index is 1.90. The van der Waals surface area contributed by atoms with Crippen LogP contribution in [0.5, 0.6) is 0 Å². The molecule has 4 nitrogen and oxygen atoms in total. The van der Waals surface area contributed by atoms with Gasteiger partial charge in [0.05, 0.1) is 21.7 Å². The minimum absolute atomic E-state index is 0.0552. The number of hydrogen-bond acceptors (Lipinski definition) is 2. The Morgan fingerprint density at radius 2 is 1.90 bits per heavy atom. The van der Waals surface area contributed by atoms with Crippen molar-refractivity contribution in [2.24, 2.45) is 0 Å². The molecular formula is C15H13BrClN3O.